The zero-order chi connectivity index (χ0) is 24.1. The molecule has 11 heteroatoms. The lowest BCUT2D eigenvalue weighted by molar-refractivity contribution is 0.172. The van der Waals surface area contributed by atoms with E-state index in [4.69, 9.17) is 9.47 Å². The third-order valence-corrected chi connectivity index (χ3v) is 7.72. The van der Waals surface area contributed by atoms with Crippen molar-refractivity contribution in [1.82, 2.24) is 24.5 Å². The number of urea groups is 1. The molecule has 2 amide bonds. The average molecular weight is 488 g/mol. The number of hydrogen-bond acceptors (Lipinski definition) is 6. The van der Waals surface area contributed by atoms with Crippen molar-refractivity contribution in [2.75, 3.05) is 46.9 Å². The quantitative estimate of drug-likeness (QED) is 0.471. The maximum atomic E-state index is 13.0. The van der Waals surface area contributed by atoms with Crippen LogP contribution in [0.5, 0.6) is 11.5 Å². The molecule has 0 aliphatic carbocycles. The molecule has 1 saturated heterocycles. The zero-order valence-corrected chi connectivity index (χ0v) is 20.1. The number of hydrogen-bond donors (Lipinski definition) is 2. The molecule has 1 aromatic heterocycles. The number of carbonyl (C=O) groups excluding carboxylic acids is 1. The number of aromatic amines is 1. The van der Waals surface area contributed by atoms with Crippen molar-refractivity contribution in [2.45, 2.75) is 17.7 Å². The Kier molecular flexibility index (Phi) is 7.23. The molecule has 2 N–H and O–H groups in total. The highest BCUT2D eigenvalue weighted by atomic mass is 32.2. The second kappa shape index (κ2) is 10.3. The van der Waals surface area contributed by atoms with E-state index in [0.717, 1.165) is 29.7 Å². The highest BCUT2D eigenvalue weighted by Crippen LogP contribution is 2.30. The van der Waals surface area contributed by atoms with Gasteiger partial charge in [-0.1, -0.05) is 12.1 Å². The van der Waals surface area contributed by atoms with Crippen molar-refractivity contribution >= 4 is 27.1 Å². The molecule has 1 aliphatic heterocycles. The standard InChI is InChI=1S/C23H29N5O5S/c1-32-20-10-9-17(16-21(20)33-2)34(30,31)28-14-12-27(13-15-28)23(29)24-11-5-8-22-25-18-6-3-4-7-19(18)26-22/h3-4,6-7,9-10,16H,5,8,11-15H2,1-2H3,(H,24,29)(H,25,26). The summed E-state index contributed by atoms with van der Waals surface area (Å²) in [5.74, 6) is 1.71. The Bertz CT molecular complexity index is 1220. The van der Waals surface area contributed by atoms with E-state index in [2.05, 4.69) is 15.3 Å². The number of aryl methyl sites for hydroxylation is 1. The van der Waals surface area contributed by atoms with Gasteiger partial charge < -0.3 is 24.7 Å². The molecule has 1 fully saturated rings. The minimum absolute atomic E-state index is 0.133. The maximum Gasteiger partial charge on any atom is 0.317 e. The molecule has 0 atom stereocenters. The topological polar surface area (TPSA) is 117 Å². The van der Waals surface area contributed by atoms with Crippen molar-refractivity contribution in [3.63, 3.8) is 0 Å². The van der Waals surface area contributed by atoms with Crippen LogP contribution in [-0.4, -0.2) is 80.6 Å². The number of nitrogens with one attached hydrogen (secondary N) is 2. The summed E-state index contributed by atoms with van der Waals surface area (Å²) < 4.78 is 37.9. The number of carbonyl (C=O) groups is 1. The molecule has 0 spiro atoms. The predicted molar refractivity (Wildman–Crippen MR) is 128 cm³/mol. The first-order valence-electron chi connectivity index (χ1n) is 11.1. The van der Waals surface area contributed by atoms with Crippen LogP contribution in [0.3, 0.4) is 0 Å². The Morgan fingerprint density at radius 1 is 1.06 bits per heavy atom. The van der Waals surface area contributed by atoms with Crippen LogP contribution in [0.25, 0.3) is 11.0 Å². The van der Waals surface area contributed by atoms with E-state index < -0.39 is 10.0 Å². The van der Waals surface area contributed by atoms with E-state index in [9.17, 15) is 13.2 Å². The van der Waals surface area contributed by atoms with Crippen LogP contribution in [0.1, 0.15) is 12.2 Å². The van der Waals surface area contributed by atoms with E-state index in [0.29, 0.717) is 31.1 Å². The fourth-order valence-electron chi connectivity index (χ4n) is 3.94. The third kappa shape index (κ3) is 5.10. The van der Waals surface area contributed by atoms with E-state index in [1.54, 1.807) is 11.0 Å². The number of para-hydroxylation sites is 2. The van der Waals surface area contributed by atoms with Gasteiger partial charge in [0.15, 0.2) is 11.5 Å². The Morgan fingerprint density at radius 2 is 1.79 bits per heavy atom. The molecule has 0 radical (unpaired) electrons. The third-order valence-electron chi connectivity index (χ3n) is 5.82. The number of sulfonamides is 1. The van der Waals surface area contributed by atoms with E-state index in [1.807, 2.05) is 24.3 Å². The number of methoxy groups -OCH3 is 2. The minimum atomic E-state index is -3.70. The lowest BCUT2D eigenvalue weighted by Crippen LogP contribution is -2.53. The molecular formula is C23H29N5O5S. The van der Waals surface area contributed by atoms with Crippen LogP contribution in [0.2, 0.25) is 0 Å². The van der Waals surface area contributed by atoms with Crippen molar-refractivity contribution in [1.29, 1.82) is 0 Å². The van der Waals surface area contributed by atoms with Gasteiger partial charge in [0.1, 0.15) is 5.82 Å². The molecular weight excluding hydrogens is 458 g/mol. The SMILES string of the molecule is COc1ccc(S(=O)(=O)N2CCN(C(=O)NCCCc3nc4ccccc4[nH]3)CC2)cc1OC. The van der Waals surface area contributed by atoms with Crippen molar-refractivity contribution in [3.05, 3.63) is 48.3 Å². The first kappa shape index (κ1) is 23.8. The van der Waals surface area contributed by atoms with Gasteiger partial charge in [0.05, 0.1) is 30.1 Å². The van der Waals surface area contributed by atoms with Gasteiger partial charge >= 0.3 is 6.03 Å². The molecule has 34 heavy (non-hydrogen) atoms. The molecule has 4 rings (SSSR count). The number of amides is 2. The molecule has 0 unspecified atom stereocenters. The number of aromatic nitrogens is 2. The zero-order valence-electron chi connectivity index (χ0n) is 19.3. The van der Waals surface area contributed by atoms with Crippen molar-refractivity contribution in [2.24, 2.45) is 0 Å². The van der Waals surface area contributed by atoms with Gasteiger partial charge in [-0.25, -0.2) is 18.2 Å². The molecule has 1 aliphatic rings. The Labute approximate surface area is 198 Å². The second-order valence-corrected chi connectivity index (χ2v) is 9.88. The summed E-state index contributed by atoms with van der Waals surface area (Å²) in [4.78, 5) is 22.1. The number of imidazole rings is 1. The number of piperazine rings is 1. The van der Waals surface area contributed by atoms with E-state index >= 15 is 0 Å². The highest BCUT2D eigenvalue weighted by Gasteiger charge is 2.30. The van der Waals surface area contributed by atoms with Crippen molar-refractivity contribution in [3.8, 4) is 11.5 Å². The van der Waals surface area contributed by atoms with Gasteiger partial charge in [0.25, 0.3) is 0 Å². The fourth-order valence-corrected chi connectivity index (χ4v) is 5.38. The number of benzene rings is 2. The Hall–Kier alpha value is -3.31. The predicted octanol–water partition coefficient (Wildman–Crippen LogP) is 2.23. The van der Waals surface area contributed by atoms with Crippen molar-refractivity contribution < 1.29 is 22.7 Å². The van der Waals surface area contributed by atoms with Crippen LogP contribution >= 0.6 is 0 Å². The number of ether oxygens (including phenoxy) is 2. The maximum absolute atomic E-state index is 13.0. The summed E-state index contributed by atoms with van der Waals surface area (Å²) in [7, 11) is -0.747. The lowest BCUT2D eigenvalue weighted by atomic mass is 10.3. The summed E-state index contributed by atoms with van der Waals surface area (Å²) in [6.45, 7) is 1.61. The summed E-state index contributed by atoms with van der Waals surface area (Å²) in [5, 5.41) is 2.92. The van der Waals surface area contributed by atoms with Crippen LogP contribution < -0.4 is 14.8 Å². The van der Waals surface area contributed by atoms with Gasteiger partial charge in [0.2, 0.25) is 10.0 Å². The van der Waals surface area contributed by atoms with Gasteiger partial charge in [-0.05, 0) is 30.7 Å². The minimum Gasteiger partial charge on any atom is -0.493 e. The van der Waals surface area contributed by atoms with Crippen LogP contribution in [0.15, 0.2) is 47.4 Å². The monoisotopic (exact) mass is 487 g/mol. The van der Waals surface area contributed by atoms with E-state index in [1.165, 1.54) is 30.7 Å². The first-order chi connectivity index (χ1) is 16.4. The van der Waals surface area contributed by atoms with Gasteiger partial charge in [-0.3, -0.25) is 0 Å². The summed E-state index contributed by atoms with van der Waals surface area (Å²) in [6, 6.07) is 12.2. The molecule has 2 aromatic carbocycles. The van der Waals surface area contributed by atoms with Gasteiger partial charge in [0, 0.05) is 45.2 Å². The second-order valence-electron chi connectivity index (χ2n) is 7.94. The normalized spacial score (nSPS) is 14.8. The first-order valence-corrected chi connectivity index (χ1v) is 12.5. The largest absolute Gasteiger partial charge is 0.493 e. The Morgan fingerprint density at radius 3 is 2.50 bits per heavy atom. The molecule has 3 aromatic rings. The number of nitrogens with zero attached hydrogens (tertiary/aromatic N) is 3. The molecule has 10 nitrogen and oxygen atoms in total. The molecule has 2 heterocycles. The average Bonchev–Trinajstić information content (AvgIpc) is 3.29. The molecule has 182 valence electrons. The number of fused-ring (bicyclic) bond motifs is 1. The fraction of sp³-hybridized carbons (Fsp3) is 0.391. The number of H-pyrrole nitrogens is 1. The summed E-state index contributed by atoms with van der Waals surface area (Å²) >= 11 is 0. The summed E-state index contributed by atoms with van der Waals surface area (Å²) in [6.07, 6.45) is 1.48. The smallest absolute Gasteiger partial charge is 0.317 e. The molecule has 0 bridgehead atoms. The van der Waals surface area contributed by atoms with Gasteiger partial charge in [-0.2, -0.15) is 4.31 Å². The molecule has 0 saturated carbocycles. The van der Waals surface area contributed by atoms with Crippen LogP contribution in [0, 0.1) is 0 Å². The van der Waals surface area contributed by atoms with Crippen LogP contribution in [-0.2, 0) is 16.4 Å². The summed E-state index contributed by atoms with van der Waals surface area (Å²) in [5.41, 5.74) is 1.94. The van der Waals surface area contributed by atoms with Gasteiger partial charge in [-0.15, -0.1) is 0 Å². The lowest BCUT2D eigenvalue weighted by Gasteiger charge is -2.34. The number of rotatable bonds is 8. The highest BCUT2D eigenvalue weighted by molar-refractivity contribution is 7.89. The van der Waals surface area contributed by atoms with Crippen LogP contribution in [0.4, 0.5) is 4.79 Å². The van der Waals surface area contributed by atoms with E-state index in [-0.39, 0.29) is 24.0 Å². The Balaban J connectivity index is 1.25.